The molecule has 1 N–H and O–H groups in total. The molecule has 0 aliphatic heterocycles. The molecule has 0 aromatic carbocycles. The van der Waals surface area contributed by atoms with Gasteiger partial charge in [-0.05, 0) is 70.9 Å². The zero-order chi connectivity index (χ0) is 25.1. The Morgan fingerprint density at radius 3 is 2.71 bits per heavy atom. The number of anilines is 1. The van der Waals surface area contributed by atoms with Gasteiger partial charge < -0.3 is 10.1 Å². The highest BCUT2D eigenvalue weighted by molar-refractivity contribution is 7.99. The fraction of sp³-hybridized carbons (Fsp3) is 0.520. The Labute approximate surface area is 218 Å². The molecular weight excluding hydrogens is 501 g/mol. The maximum absolute atomic E-state index is 13.0. The summed E-state index contributed by atoms with van der Waals surface area (Å²) in [7, 11) is 0. The first-order valence-electron chi connectivity index (χ1n) is 12.1. The monoisotopic (exact) mass is 532 g/mol. The lowest BCUT2D eigenvalue weighted by Crippen LogP contribution is -2.17. The summed E-state index contributed by atoms with van der Waals surface area (Å²) in [6.07, 6.45) is 4.89. The topological polar surface area (TPSA) is 86.1 Å². The van der Waals surface area contributed by atoms with E-state index in [1.807, 2.05) is 0 Å². The Hall–Kier alpha value is -2.17. The first kappa shape index (κ1) is 25.9. The lowest BCUT2D eigenvalue weighted by molar-refractivity contribution is -0.113. The number of rotatable bonds is 9. The lowest BCUT2D eigenvalue weighted by atomic mass is 9.95. The van der Waals surface area contributed by atoms with Gasteiger partial charge in [0.2, 0.25) is 5.91 Å². The number of thioether (sulfide) groups is 1. The first-order valence-corrected chi connectivity index (χ1v) is 14.8. The van der Waals surface area contributed by atoms with Crippen LogP contribution in [0.25, 0.3) is 11.4 Å². The van der Waals surface area contributed by atoms with Gasteiger partial charge in [0.1, 0.15) is 5.00 Å². The second kappa shape index (κ2) is 11.3. The molecule has 3 heterocycles. The average molecular weight is 533 g/mol. The van der Waals surface area contributed by atoms with Crippen LogP contribution in [0.2, 0.25) is 0 Å². The Morgan fingerprint density at radius 2 is 2.00 bits per heavy atom. The van der Waals surface area contributed by atoms with Gasteiger partial charge in [0.25, 0.3) is 0 Å². The minimum atomic E-state index is -0.350. The molecule has 0 bridgehead atoms. The number of aromatic nitrogens is 3. The van der Waals surface area contributed by atoms with Gasteiger partial charge in [-0.1, -0.05) is 18.7 Å². The number of hydrogen-bond acceptors (Lipinski definition) is 8. The summed E-state index contributed by atoms with van der Waals surface area (Å²) in [6.45, 7) is 10.6. The van der Waals surface area contributed by atoms with E-state index in [9.17, 15) is 9.59 Å². The van der Waals surface area contributed by atoms with Crippen molar-refractivity contribution in [3.63, 3.8) is 0 Å². The molecule has 0 spiro atoms. The van der Waals surface area contributed by atoms with Crippen molar-refractivity contribution in [3.8, 4) is 11.4 Å². The molecule has 1 aliphatic carbocycles. The van der Waals surface area contributed by atoms with Crippen molar-refractivity contribution in [2.24, 2.45) is 0 Å². The third-order valence-electron chi connectivity index (χ3n) is 6.12. The summed E-state index contributed by atoms with van der Waals surface area (Å²) >= 11 is 4.60. The van der Waals surface area contributed by atoms with Crippen LogP contribution in [0, 0.1) is 6.92 Å². The predicted octanol–water partition coefficient (Wildman–Crippen LogP) is 6.31. The van der Waals surface area contributed by atoms with Crippen molar-refractivity contribution in [3.05, 3.63) is 31.8 Å². The standard InChI is InChI=1S/C25H32N4O3S3/c1-6-16-15(5)33-12-18(16)22-27-28-25(29(22)14(3)4)34-13-20(30)26-23-21(24(31)32-7-2)17-10-8-9-11-19(17)35-23/h12,14H,6-11,13H2,1-5H3,(H,26,30). The number of nitrogens with one attached hydrogen (secondary N) is 1. The minimum absolute atomic E-state index is 0.148. The highest BCUT2D eigenvalue weighted by atomic mass is 32.2. The number of amides is 1. The molecule has 35 heavy (non-hydrogen) atoms. The second-order valence-electron chi connectivity index (χ2n) is 8.78. The zero-order valence-electron chi connectivity index (χ0n) is 20.9. The highest BCUT2D eigenvalue weighted by Gasteiger charge is 2.27. The number of nitrogens with zero attached hydrogens (tertiary/aromatic N) is 3. The summed E-state index contributed by atoms with van der Waals surface area (Å²) in [5.74, 6) is 0.509. The van der Waals surface area contributed by atoms with Crippen LogP contribution in [0.1, 0.15) is 77.8 Å². The Kier molecular flexibility index (Phi) is 8.34. The third kappa shape index (κ3) is 5.34. The van der Waals surface area contributed by atoms with Crippen LogP contribution < -0.4 is 5.32 Å². The molecule has 7 nitrogen and oxygen atoms in total. The molecule has 0 unspecified atom stereocenters. The smallest absolute Gasteiger partial charge is 0.341 e. The van der Waals surface area contributed by atoms with E-state index < -0.39 is 0 Å². The van der Waals surface area contributed by atoms with Crippen molar-refractivity contribution in [1.29, 1.82) is 0 Å². The van der Waals surface area contributed by atoms with E-state index in [0.717, 1.165) is 49.1 Å². The Balaban J connectivity index is 1.52. The van der Waals surface area contributed by atoms with Crippen LogP contribution in [-0.4, -0.2) is 39.0 Å². The molecule has 0 atom stereocenters. The van der Waals surface area contributed by atoms with Gasteiger partial charge in [0, 0.05) is 26.7 Å². The Morgan fingerprint density at radius 1 is 1.23 bits per heavy atom. The number of carbonyl (C=O) groups excluding carboxylic acids is 2. The SMILES string of the molecule is CCOC(=O)c1c(NC(=O)CSc2nnc(-c3csc(C)c3CC)n2C(C)C)sc2c1CCCC2. The van der Waals surface area contributed by atoms with Crippen molar-refractivity contribution in [1.82, 2.24) is 14.8 Å². The Bertz CT molecular complexity index is 1230. The summed E-state index contributed by atoms with van der Waals surface area (Å²) in [5, 5.41) is 15.4. The molecule has 188 valence electrons. The van der Waals surface area contributed by atoms with Crippen LogP contribution in [-0.2, 0) is 28.8 Å². The van der Waals surface area contributed by atoms with Gasteiger partial charge >= 0.3 is 5.97 Å². The van der Waals surface area contributed by atoms with Gasteiger partial charge in [-0.25, -0.2) is 4.79 Å². The summed E-state index contributed by atoms with van der Waals surface area (Å²) in [4.78, 5) is 28.1. The van der Waals surface area contributed by atoms with E-state index in [1.54, 1.807) is 18.3 Å². The summed E-state index contributed by atoms with van der Waals surface area (Å²) in [6, 6.07) is 0.148. The number of carbonyl (C=O) groups is 2. The van der Waals surface area contributed by atoms with Crippen LogP contribution in [0.5, 0.6) is 0 Å². The fourth-order valence-corrected chi connectivity index (χ4v) is 7.60. The molecule has 4 rings (SSSR count). The molecule has 0 radical (unpaired) electrons. The molecule has 1 aliphatic rings. The minimum Gasteiger partial charge on any atom is -0.462 e. The maximum atomic E-state index is 13.0. The molecular formula is C25H32N4O3S3. The quantitative estimate of drug-likeness (QED) is 0.257. The van der Waals surface area contributed by atoms with E-state index in [4.69, 9.17) is 4.74 Å². The van der Waals surface area contributed by atoms with Crippen molar-refractivity contribution in [2.75, 3.05) is 17.7 Å². The lowest BCUT2D eigenvalue weighted by Gasteiger charge is -2.14. The largest absolute Gasteiger partial charge is 0.462 e. The fourth-order valence-electron chi connectivity index (χ4n) is 4.50. The molecule has 10 heteroatoms. The molecule has 0 saturated carbocycles. The maximum Gasteiger partial charge on any atom is 0.341 e. The van der Waals surface area contributed by atoms with Gasteiger partial charge in [-0.3, -0.25) is 9.36 Å². The van der Waals surface area contributed by atoms with Gasteiger partial charge in [-0.2, -0.15) is 0 Å². The number of esters is 1. The molecule has 3 aromatic rings. The zero-order valence-corrected chi connectivity index (χ0v) is 23.3. The highest BCUT2D eigenvalue weighted by Crippen LogP contribution is 2.39. The van der Waals surface area contributed by atoms with Gasteiger partial charge in [0.05, 0.1) is 17.9 Å². The van der Waals surface area contributed by atoms with Gasteiger partial charge in [0.15, 0.2) is 11.0 Å². The number of fused-ring (bicyclic) bond motifs is 1. The second-order valence-corrected chi connectivity index (χ2v) is 11.9. The van der Waals surface area contributed by atoms with Crippen LogP contribution >= 0.6 is 34.4 Å². The molecule has 3 aromatic heterocycles. The number of hydrogen-bond donors (Lipinski definition) is 1. The van der Waals surface area contributed by atoms with Crippen LogP contribution in [0.3, 0.4) is 0 Å². The van der Waals surface area contributed by atoms with E-state index >= 15 is 0 Å². The molecule has 0 fully saturated rings. The summed E-state index contributed by atoms with van der Waals surface area (Å²) < 4.78 is 7.41. The van der Waals surface area contributed by atoms with Crippen molar-refractivity contribution >= 4 is 51.3 Å². The first-order chi connectivity index (χ1) is 16.8. The van der Waals surface area contributed by atoms with Crippen LogP contribution in [0.15, 0.2) is 10.5 Å². The average Bonchev–Trinajstić information content (AvgIpc) is 3.51. The predicted molar refractivity (Wildman–Crippen MR) is 144 cm³/mol. The van der Waals surface area contributed by atoms with Crippen molar-refractivity contribution < 1.29 is 14.3 Å². The van der Waals surface area contributed by atoms with Gasteiger partial charge in [-0.15, -0.1) is 32.9 Å². The molecule has 1 amide bonds. The number of ether oxygens (including phenoxy) is 1. The summed E-state index contributed by atoms with van der Waals surface area (Å²) in [5.41, 5.74) is 4.00. The third-order valence-corrected chi connectivity index (χ3v) is 9.22. The van der Waals surface area contributed by atoms with E-state index in [2.05, 4.69) is 53.2 Å². The van der Waals surface area contributed by atoms with Crippen molar-refractivity contribution in [2.45, 2.75) is 77.9 Å². The normalized spacial score (nSPS) is 13.2. The molecule has 0 saturated heterocycles. The van der Waals surface area contributed by atoms with Crippen LogP contribution in [0.4, 0.5) is 5.00 Å². The number of thiophene rings is 2. The number of aryl methyl sites for hydroxylation is 2. The van der Waals surface area contributed by atoms with E-state index in [1.165, 1.54) is 38.4 Å². The van der Waals surface area contributed by atoms with E-state index in [-0.39, 0.29) is 23.7 Å². The van der Waals surface area contributed by atoms with E-state index in [0.29, 0.717) is 22.3 Å².